The number of nitrogens with two attached hydrogens (primary N) is 1. The zero-order valence-electron chi connectivity index (χ0n) is 11.0. The van der Waals surface area contributed by atoms with Gasteiger partial charge in [0.25, 0.3) is 0 Å². The highest BCUT2D eigenvalue weighted by Crippen LogP contribution is 2.16. The SMILES string of the molecule is CC(O)CCN(C)C(=O)C(CN)c1ccccc1. The fraction of sp³-hybridized carbons (Fsp3) is 0.500. The Kier molecular flexibility index (Phi) is 5.82. The number of aliphatic hydroxyl groups excluding tert-OH is 1. The van der Waals surface area contributed by atoms with Crippen molar-refractivity contribution < 1.29 is 9.90 Å². The number of aliphatic hydroxyl groups is 1. The molecule has 1 rings (SSSR count). The molecule has 0 aliphatic rings. The second-order valence-electron chi connectivity index (χ2n) is 4.60. The van der Waals surface area contributed by atoms with Gasteiger partial charge in [-0.15, -0.1) is 0 Å². The van der Waals surface area contributed by atoms with Crippen LogP contribution in [-0.2, 0) is 4.79 Å². The highest BCUT2D eigenvalue weighted by Gasteiger charge is 2.22. The van der Waals surface area contributed by atoms with E-state index in [1.165, 1.54) is 0 Å². The molecule has 1 amide bonds. The number of carbonyl (C=O) groups is 1. The van der Waals surface area contributed by atoms with Crippen LogP contribution in [0.15, 0.2) is 30.3 Å². The Morgan fingerprint density at radius 3 is 2.50 bits per heavy atom. The summed E-state index contributed by atoms with van der Waals surface area (Å²) in [5.74, 6) is -0.297. The molecule has 1 aromatic rings. The van der Waals surface area contributed by atoms with E-state index in [1.807, 2.05) is 30.3 Å². The minimum absolute atomic E-state index is 0.00403. The molecule has 0 fully saturated rings. The van der Waals surface area contributed by atoms with Crippen LogP contribution in [0.2, 0.25) is 0 Å². The van der Waals surface area contributed by atoms with Crippen molar-refractivity contribution in [2.24, 2.45) is 5.73 Å². The van der Waals surface area contributed by atoms with E-state index in [0.717, 1.165) is 5.56 Å². The van der Waals surface area contributed by atoms with E-state index in [4.69, 9.17) is 5.73 Å². The lowest BCUT2D eigenvalue weighted by Gasteiger charge is -2.23. The van der Waals surface area contributed by atoms with Crippen molar-refractivity contribution in [3.63, 3.8) is 0 Å². The number of hydrogen-bond donors (Lipinski definition) is 2. The quantitative estimate of drug-likeness (QED) is 0.790. The van der Waals surface area contributed by atoms with Gasteiger partial charge in [0, 0.05) is 20.1 Å². The van der Waals surface area contributed by atoms with Gasteiger partial charge in [-0.05, 0) is 18.9 Å². The second-order valence-corrected chi connectivity index (χ2v) is 4.60. The summed E-state index contributed by atoms with van der Waals surface area (Å²) in [6.45, 7) is 2.55. The predicted molar refractivity (Wildman–Crippen MR) is 72.2 cm³/mol. The maximum Gasteiger partial charge on any atom is 0.231 e. The predicted octanol–water partition coefficient (Wildman–Crippen LogP) is 0.958. The third-order valence-corrected chi connectivity index (χ3v) is 2.99. The van der Waals surface area contributed by atoms with Gasteiger partial charge in [0.15, 0.2) is 0 Å². The van der Waals surface area contributed by atoms with Gasteiger partial charge in [-0.25, -0.2) is 0 Å². The standard InChI is InChI=1S/C14H22N2O2/c1-11(17)8-9-16(2)14(18)13(10-15)12-6-4-3-5-7-12/h3-7,11,13,17H,8-10,15H2,1-2H3. The maximum absolute atomic E-state index is 12.3. The number of rotatable bonds is 6. The Morgan fingerprint density at radius 2 is 2.00 bits per heavy atom. The van der Waals surface area contributed by atoms with Crippen molar-refractivity contribution in [3.05, 3.63) is 35.9 Å². The normalized spacial score (nSPS) is 14.0. The Morgan fingerprint density at radius 1 is 1.39 bits per heavy atom. The summed E-state index contributed by atoms with van der Waals surface area (Å²) in [6.07, 6.45) is 0.183. The summed E-state index contributed by atoms with van der Waals surface area (Å²) >= 11 is 0. The van der Waals surface area contributed by atoms with Crippen LogP contribution in [-0.4, -0.2) is 42.2 Å². The first-order valence-electron chi connectivity index (χ1n) is 6.24. The van der Waals surface area contributed by atoms with Crippen LogP contribution in [0.4, 0.5) is 0 Å². The van der Waals surface area contributed by atoms with Crippen molar-refractivity contribution in [1.82, 2.24) is 4.90 Å². The highest BCUT2D eigenvalue weighted by atomic mass is 16.3. The van der Waals surface area contributed by atoms with Gasteiger partial charge < -0.3 is 15.7 Å². The average Bonchev–Trinajstić information content (AvgIpc) is 2.38. The van der Waals surface area contributed by atoms with Crippen molar-refractivity contribution in [3.8, 4) is 0 Å². The molecule has 0 aromatic heterocycles. The first-order valence-corrected chi connectivity index (χ1v) is 6.24. The summed E-state index contributed by atoms with van der Waals surface area (Å²) in [6, 6.07) is 9.55. The number of amides is 1. The van der Waals surface area contributed by atoms with Gasteiger partial charge in [-0.3, -0.25) is 4.79 Å². The molecule has 4 nitrogen and oxygen atoms in total. The Labute approximate surface area is 108 Å². The van der Waals surface area contributed by atoms with E-state index in [9.17, 15) is 9.90 Å². The third kappa shape index (κ3) is 4.13. The molecule has 3 N–H and O–H groups in total. The minimum atomic E-state index is -0.395. The third-order valence-electron chi connectivity index (χ3n) is 2.99. The first-order chi connectivity index (χ1) is 8.56. The van der Waals surface area contributed by atoms with Gasteiger partial charge in [-0.2, -0.15) is 0 Å². The highest BCUT2D eigenvalue weighted by molar-refractivity contribution is 5.83. The topological polar surface area (TPSA) is 66.6 Å². The molecule has 0 heterocycles. The molecule has 4 heteroatoms. The fourth-order valence-corrected chi connectivity index (χ4v) is 1.82. The lowest BCUT2D eigenvalue weighted by molar-refractivity contribution is -0.131. The second kappa shape index (κ2) is 7.13. The molecule has 0 bridgehead atoms. The van der Waals surface area contributed by atoms with Crippen LogP contribution in [0, 0.1) is 0 Å². The molecule has 0 saturated carbocycles. The molecule has 0 spiro atoms. The van der Waals surface area contributed by atoms with Crippen LogP contribution in [0.25, 0.3) is 0 Å². The zero-order chi connectivity index (χ0) is 13.5. The van der Waals surface area contributed by atoms with Crippen LogP contribution in [0.3, 0.4) is 0 Å². The lowest BCUT2D eigenvalue weighted by Crippen LogP contribution is -2.36. The average molecular weight is 250 g/mol. The molecular formula is C14H22N2O2. The number of benzene rings is 1. The summed E-state index contributed by atoms with van der Waals surface area (Å²) in [5.41, 5.74) is 6.64. The number of nitrogens with zero attached hydrogens (tertiary/aromatic N) is 1. The minimum Gasteiger partial charge on any atom is -0.393 e. The van der Waals surface area contributed by atoms with Gasteiger partial charge in [-0.1, -0.05) is 30.3 Å². The Balaban J connectivity index is 2.68. The molecule has 1 aromatic carbocycles. The van der Waals surface area contributed by atoms with Gasteiger partial charge >= 0.3 is 0 Å². The van der Waals surface area contributed by atoms with E-state index in [-0.39, 0.29) is 11.8 Å². The van der Waals surface area contributed by atoms with E-state index in [2.05, 4.69) is 0 Å². The van der Waals surface area contributed by atoms with E-state index >= 15 is 0 Å². The molecule has 0 aliphatic heterocycles. The molecular weight excluding hydrogens is 228 g/mol. The zero-order valence-corrected chi connectivity index (χ0v) is 11.0. The van der Waals surface area contributed by atoms with Gasteiger partial charge in [0.2, 0.25) is 5.91 Å². The van der Waals surface area contributed by atoms with E-state index in [1.54, 1.807) is 18.9 Å². The van der Waals surface area contributed by atoms with Gasteiger partial charge in [0.1, 0.15) is 0 Å². The van der Waals surface area contributed by atoms with Crippen molar-refractivity contribution in [2.45, 2.75) is 25.4 Å². The molecule has 100 valence electrons. The van der Waals surface area contributed by atoms with Crippen LogP contribution in [0.1, 0.15) is 24.8 Å². The van der Waals surface area contributed by atoms with E-state index in [0.29, 0.717) is 19.5 Å². The maximum atomic E-state index is 12.3. The van der Waals surface area contributed by atoms with Crippen molar-refractivity contribution >= 4 is 5.91 Å². The number of carbonyl (C=O) groups excluding carboxylic acids is 1. The van der Waals surface area contributed by atoms with Crippen molar-refractivity contribution in [2.75, 3.05) is 20.1 Å². The van der Waals surface area contributed by atoms with Crippen LogP contribution >= 0.6 is 0 Å². The molecule has 18 heavy (non-hydrogen) atoms. The number of likely N-dealkylation sites (N-methyl/N-ethyl adjacent to an activating group) is 1. The molecule has 0 saturated heterocycles. The van der Waals surface area contributed by atoms with Gasteiger partial charge in [0.05, 0.1) is 12.0 Å². The summed E-state index contributed by atoms with van der Waals surface area (Å²) in [4.78, 5) is 13.9. The largest absolute Gasteiger partial charge is 0.393 e. The summed E-state index contributed by atoms with van der Waals surface area (Å²) in [7, 11) is 1.75. The van der Waals surface area contributed by atoms with E-state index < -0.39 is 6.10 Å². The molecule has 0 radical (unpaired) electrons. The Hall–Kier alpha value is -1.39. The monoisotopic (exact) mass is 250 g/mol. The van der Waals surface area contributed by atoms with Crippen LogP contribution in [0.5, 0.6) is 0 Å². The summed E-state index contributed by atoms with van der Waals surface area (Å²) in [5, 5.41) is 9.23. The Bertz CT molecular complexity index is 365. The fourth-order valence-electron chi connectivity index (χ4n) is 1.82. The van der Waals surface area contributed by atoms with Crippen molar-refractivity contribution in [1.29, 1.82) is 0 Å². The van der Waals surface area contributed by atoms with Crippen LogP contribution < -0.4 is 5.73 Å². The first kappa shape index (κ1) is 14.7. The summed E-state index contributed by atoms with van der Waals surface area (Å²) < 4.78 is 0. The molecule has 2 atom stereocenters. The molecule has 0 aliphatic carbocycles. The molecule has 2 unspecified atom stereocenters. The smallest absolute Gasteiger partial charge is 0.231 e. The lowest BCUT2D eigenvalue weighted by atomic mass is 9.98. The number of hydrogen-bond acceptors (Lipinski definition) is 3.